The molecule has 2 aromatic carbocycles. The van der Waals surface area contributed by atoms with Gasteiger partial charge in [-0.3, -0.25) is 4.90 Å². The van der Waals surface area contributed by atoms with Crippen molar-refractivity contribution in [2.24, 2.45) is 5.92 Å². The van der Waals surface area contributed by atoms with Crippen LogP contribution in [0, 0.1) is 11.7 Å². The van der Waals surface area contributed by atoms with E-state index in [0.29, 0.717) is 40.8 Å². The highest BCUT2D eigenvalue weighted by molar-refractivity contribution is 5.87. The summed E-state index contributed by atoms with van der Waals surface area (Å²) in [6.07, 6.45) is 0.831. The molecule has 1 aromatic heterocycles. The van der Waals surface area contributed by atoms with Crippen LogP contribution in [-0.2, 0) is 0 Å². The fourth-order valence-electron chi connectivity index (χ4n) is 4.08. The zero-order valence-corrected chi connectivity index (χ0v) is 20.5. The highest BCUT2D eigenvalue weighted by Gasteiger charge is 2.36. The lowest BCUT2D eigenvalue weighted by molar-refractivity contribution is 0.202. The number of urea groups is 1. The van der Waals surface area contributed by atoms with Crippen LogP contribution in [0.3, 0.4) is 0 Å². The molecule has 9 heteroatoms. The lowest BCUT2D eigenvalue weighted by Crippen LogP contribution is -2.46. The minimum absolute atomic E-state index is 0.212. The molecule has 8 nitrogen and oxygen atoms in total. The van der Waals surface area contributed by atoms with E-state index in [-0.39, 0.29) is 17.7 Å². The van der Waals surface area contributed by atoms with Crippen molar-refractivity contribution < 1.29 is 23.2 Å². The number of carbonyl (C=O) groups is 1. The molecular formula is C26H29FN4O4. The average molecular weight is 481 g/mol. The maximum atomic E-state index is 13.8. The number of nitrogens with zero attached hydrogens (tertiary/aromatic N) is 3. The Labute approximate surface area is 203 Å². The standard InChI is InChI=1S/C26H29FN4O4/c1-15(2)11-12-31-16(3)22(25-29-24(30-35-25)18-7-6-8-19(27)13-18)23(28-26(31)32)17-9-10-20(33-4)21(14-17)34-5/h6-10,13-15,23H,11-12H2,1-5H3,(H,28,32). The van der Waals surface area contributed by atoms with E-state index in [2.05, 4.69) is 29.3 Å². The maximum absolute atomic E-state index is 13.8. The van der Waals surface area contributed by atoms with Crippen molar-refractivity contribution in [3.8, 4) is 22.9 Å². The minimum Gasteiger partial charge on any atom is -0.493 e. The van der Waals surface area contributed by atoms with E-state index >= 15 is 0 Å². The van der Waals surface area contributed by atoms with Gasteiger partial charge in [0.05, 0.1) is 25.8 Å². The first-order chi connectivity index (χ1) is 16.8. The van der Waals surface area contributed by atoms with Gasteiger partial charge in [-0.1, -0.05) is 37.2 Å². The van der Waals surface area contributed by atoms with Gasteiger partial charge in [-0.15, -0.1) is 0 Å². The van der Waals surface area contributed by atoms with Crippen LogP contribution in [0.1, 0.15) is 44.7 Å². The van der Waals surface area contributed by atoms with Crippen molar-refractivity contribution in [2.45, 2.75) is 33.2 Å². The van der Waals surface area contributed by atoms with Crippen molar-refractivity contribution in [1.82, 2.24) is 20.4 Å². The summed E-state index contributed by atoms with van der Waals surface area (Å²) in [7, 11) is 3.12. The van der Waals surface area contributed by atoms with Gasteiger partial charge >= 0.3 is 6.03 Å². The highest BCUT2D eigenvalue weighted by Crippen LogP contribution is 2.40. The molecule has 0 aliphatic carbocycles. The molecule has 3 aromatic rings. The predicted octanol–water partition coefficient (Wildman–Crippen LogP) is 5.44. The number of carbonyl (C=O) groups excluding carboxylic acids is 1. The molecule has 0 bridgehead atoms. The quantitative estimate of drug-likeness (QED) is 0.462. The van der Waals surface area contributed by atoms with Crippen LogP contribution in [0.15, 0.2) is 52.7 Å². The summed E-state index contributed by atoms with van der Waals surface area (Å²) in [4.78, 5) is 19.4. The molecule has 2 amide bonds. The van der Waals surface area contributed by atoms with Crippen LogP contribution in [0.4, 0.5) is 9.18 Å². The van der Waals surface area contributed by atoms with Crippen molar-refractivity contribution in [3.63, 3.8) is 0 Å². The molecule has 35 heavy (non-hydrogen) atoms. The Bertz CT molecular complexity index is 1250. The van der Waals surface area contributed by atoms with Crippen LogP contribution in [0.2, 0.25) is 0 Å². The summed E-state index contributed by atoms with van der Waals surface area (Å²) in [5.41, 5.74) is 2.64. The second-order valence-electron chi connectivity index (χ2n) is 8.76. The number of methoxy groups -OCH3 is 2. The molecule has 1 aliphatic heterocycles. The molecule has 0 spiro atoms. The fourth-order valence-corrected chi connectivity index (χ4v) is 4.08. The first kappa shape index (κ1) is 24.3. The highest BCUT2D eigenvalue weighted by atomic mass is 19.1. The molecule has 1 aliphatic rings. The summed E-state index contributed by atoms with van der Waals surface area (Å²) >= 11 is 0. The topological polar surface area (TPSA) is 89.7 Å². The number of hydrogen-bond acceptors (Lipinski definition) is 6. The summed E-state index contributed by atoms with van der Waals surface area (Å²) in [6, 6.07) is 10.7. The van der Waals surface area contributed by atoms with Gasteiger partial charge in [0, 0.05) is 17.8 Å². The number of allylic oxidation sites excluding steroid dienone is 1. The number of aromatic nitrogens is 2. The monoisotopic (exact) mass is 480 g/mol. The number of halogens is 1. The van der Waals surface area contributed by atoms with Gasteiger partial charge in [-0.25, -0.2) is 9.18 Å². The van der Waals surface area contributed by atoms with Gasteiger partial charge in [-0.2, -0.15) is 4.98 Å². The molecule has 184 valence electrons. The summed E-state index contributed by atoms with van der Waals surface area (Å²) < 4.78 is 30.3. The third-order valence-electron chi connectivity index (χ3n) is 6.01. The third kappa shape index (κ3) is 4.99. The lowest BCUT2D eigenvalue weighted by atomic mass is 9.94. The van der Waals surface area contributed by atoms with E-state index < -0.39 is 11.9 Å². The second kappa shape index (κ2) is 10.2. The molecule has 1 atom stereocenters. The number of benzene rings is 2. The Morgan fingerprint density at radius 2 is 1.91 bits per heavy atom. The number of hydrogen-bond donors (Lipinski definition) is 1. The summed E-state index contributed by atoms with van der Waals surface area (Å²) in [5, 5.41) is 7.16. The molecule has 1 unspecified atom stereocenters. The predicted molar refractivity (Wildman–Crippen MR) is 129 cm³/mol. The Morgan fingerprint density at radius 3 is 2.60 bits per heavy atom. The molecule has 1 N–H and O–H groups in total. The van der Waals surface area contributed by atoms with Gasteiger partial charge in [0.2, 0.25) is 5.82 Å². The molecule has 4 rings (SSSR count). The first-order valence-corrected chi connectivity index (χ1v) is 11.4. The third-order valence-corrected chi connectivity index (χ3v) is 6.01. The first-order valence-electron chi connectivity index (χ1n) is 11.4. The zero-order valence-electron chi connectivity index (χ0n) is 20.5. The van der Waals surface area contributed by atoms with Crippen LogP contribution >= 0.6 is 0 Å². The molecule has 0 saturated carbocycles. The molecule has 2 heterocycles. The molecule has 0 fully saturated rings. The van der Waals surface area contributed by atoms with Crippen molar-refractivity contribution in [3.05, 3.63) is 65.4 Å². The maximum Gasteiger partial charge on any atom is 0.322 e. The SMILES string of the molecule is COc1ccc(C2NC(=O)N(CCC(C)C)C(C)=C2c2nc(-c3cccc(F)c3)no2)cc1OC. The van der Waals surface area contributed by atoms with Crippen molar-refractivity contribution >= 4 is 11.6 Å². The number of rotatable bonds is 8. The van der Waals surface area contributed by atoms with Crippen LogP contribution in [-0.4, -0.2) is 41.8 Å². The van der Waals surface area contributed by atoms with Crippen molar-refractivity contribution in [1.29, 1.82) is 0 Å². The smallest absolute Gasteiger partial charge is 0.322 e. The Morgan fingerprint density at radius 1 is 1.14 bits per heavy atom. The van der Waals surface area contributed by atoms with Crippen LogP contribution in [0.25, 0.3) is 17.0 Å². The van der Waals surface area contributed by atoms with Gasteiger partial charge in [0.15, 0.2) is 11.5 Å². The Kier molecular flexibility index (Phi) is 7.04. The molecular weight excluding hydrogens is 451 g/mol. The van der Waals surface area contributed by atoms with Crippen molar-refractivity contribution in [2.75, 3.05) is 20.8 Å². The van der Waals surface area contributed by atoms with Gasteiger partial charge < -0.3 is 19.3 Å². The number of nitrogens with one attached hydrogen (secondary N) is 1. The second-order valence-corrected chi connectivity index (χ2v) is 8.76. The van der Waals surface area contributed by atoms with Gasteiger partial charge in [-0.05, 0) is 49.1 Å². The average Bonchev–Trinajstić information content (AvgIpc) is 3.32. The number of ether oxygens (including phenoxy) is 2. The summed E-state index contributed by atoms with van der Waals surface area (Å²) in [5.74, 6) is 1.64. The fraction of sp³-hybridized carbons (Fsp3) is 0.346. The van der Waals surface area contributed by atoms with E-state index in [1.165, 1.54) is 12.1 Å². The zero-order chi connectivity index (χ0) is 25.1. The lowest BCUT2D eigenvalue weighted by Gasteiger charge is -2.35. The summed E-state index contributed by atoms with van der Waals surface area (Å²) in [6.45, 7) is 6.63. The van der Waals surface area contributed by atoms with Gasteiger partial charge in [0.25, 0.3) is 5.89 Å². The van der Waals surface area contributed by atoms with E-state index in [9.17, 15) is 9.18 Å². The van der Waals surface area contributed by atoms with E-state index in [1.807, 2.05) is 19.1 Å². The van der Waals surface area contributed by atoms with E-state index in [0.717, 1.165) is 12.0 Å². The Hall–Kier alpha value is -3.88. The van der Waals surface area contributed by atoms with Gasteiger partial charge in [0.1, 0.15) is 5.82 Å². The Balaban J connectivity index is 1.81. The van der Waals surface area contributed by atoms with E-state index in [1.54, 1.807) is 37.3 Å². The van der Waals surface area contributed by atoms with E-state index in [4.69, 9.17) is 14.0 Å². The molecule has 0 saturated heterocycles. The minimum atomic E-state index is -0.571. The largest absolute Gasteiger partial charge is 0.493 e. The molecule has 0 radical (unpaired) electrons. The van der Waals surface area contributed by atoms with Crippen LogP contribution in [0.5, 0.6) is 11.5 Å². The number of amides is 2. The van der Waals surface area contributed by atoms with Crippen LogP contribution < -0.4 is 14.8 Å². The normalized spacial score (nSPS) is 16.0.